The fourth-order valence-corrected chi connectivity index (χ4v) is 6.28. The number of likely N-dealkylation sites (tertiary alicyclic amines) is 1. The molecule has 2 aliphatic carbocycles. The molecule has 0 bridgehead atoms. The number of carboxylic acids is 2. The van der Waals surface area contributed by atoms with Gasteiger partial charge in [-0.2, -0.15) is 0 Å². The van der Waals surface area contributed by atoms with Crippen LogP contribution in [0.1, 0.15) is 59.6 Å². The Hall–Kier alpha value is -2.44. The third-order valence-corrected chi connectivity index (χ3v) is 7.98. The normalized spacial score (nSPS) is 21.1. The molecule has 31 heavy (non-hydrogen) atoms. The predicted octanol–water partition coefficient (Wildman–Crippen LogP) is 4.77. The molecule has 1 aliphatic heterocycles. The third-order valence-electron chi connectivity index (χ3n) is 6.98. The van der Waals surface area contributed by atoms with Gasteiger partial charge in [-0.25, -0.2) is 9.59 Å². The lowest BCUT2D eigenvalue weighted by Crippen LogP contribution is -2.41. The molecule has 164 valence electrons. The largest absolute Gasteiger partial charge is 0.473 e. The minimum atomic E-state index is -1.82. The minimum Gasteiger partial charge on any atom is -0.473 e. The molecular weight excluding hydrogens is 410 g/mol. The van der Waals surface area contributed by atoms with Crippen LogP contribution in [0.3, 0.4) is 0 Å². The number of nitrogens with zero attached hydrogens (tertiary/aromatic N) is 1. The summed E-state index contributed by atoms with van der Waals surface area (Å²) in [4.78, 5) is 22.6. The first kappa shape index (κ1) is 21.8. The molecule has 2 N–H and O–H groups in total. The number of fused-ring (bicyclic) bond motifs is 3. The molecule has 2 aromatic rings. The van der Waals surface area contributed by atoms with E-state index < -0.39 is 11.9 Å². The van der Waals surface area contributed by atoms with E-state index in [1.54, 1.807) is 16.0 Å². The smallest absolute Gasteiger partial charge is 0.414 e. The van der Waals surface area contributed by atoms with Crippen molar-refractivity contribution in [2.45, 2.75) is 49.9 Å². The first-order chi connectivity index (χ1) is 15.0. The highest BCUT2D eigenvalue weighted by Gasteiger charge is 2.37. The maximum atomic E-state index is 9.10. The summed E-state index contributed by atoms with van der Waals surface area (Å²) in [6.07, 6.45) is 12.9. The van der Waals surface area contributed by atoms with Crippen molar-refractivity contribution in [3.8, 4) is 0 Å². The maximum absolute atomic E-state index is 9.10. The van der Waals surface area contributed by atoms with Crippen molar-refractivity contribution in [2.24, 2.45) is 0 Å². The highest BCUT2D eigenvalue weighted by Crippen LogP contribution is 2.44. The number of allylic oxidation sites excluding steroid dienone is 1. The second-order valence-electron chi connectivity index (χ2n) is 8.71. The molecule has 1 saturated heterocycles. The molecule has 1 aromatic heterocycles. The zero-order valence-electron chi connectivity index (χ0n) is 17.6. The predicted molar refractivity (Wildman–Crippen MR) is 123 cm³/mol. The molecule has 3 aliphatic rings. The van der Waals surface area contributed by atoms with Crippen LogP contribution in [0.5, 0.6) is 0 Å². The number of carboxylic acid groups (broad SMARTS) is 2. The third kappa shape index (κ3) is 4.75. The summed E-state index contributed by atoms with van der Waals surface area (Å²) in [5.74, 6) is -2.83. The van der Waals surface area contributed by atoms with Gasteiger partial charge in [-0.1, -0.05) is 36.4 Å². The summed E-state index contributed by atoms with van der Waals surface area (Å²) in [5, 5.41) is 17.1. The van der Waals surface area contributed by atoms with Crippen LogP contribution < -0.4 is 0 Å². The van der Waals surface area contributed by atoms with Crippen molar-refractivity contribution >= 4 is 29.4 Å². The van der Waals surface area contributed by atoms with Gasteiger partial charge in [0.1, 0.15) is 0 Å². The fourth-order valence-electron chi connectivity index (χ4n) is 5.27. The summed E-state index contributed by atoms with van der Waals surface area (Å²) in [6.45, 7) is 3.78. The quantitative estimate of drug-likeness (QED) is 0.674. The summed E-state index contributed by atoms with van der Waals surface area (Å²) >= 11 is 1.98. The van der Waals surface area contributed by atoms with Gasteiger partial charge < -0.3 is 15.1 Å². The van der Waals surface area contributed by atoms with Gasteiger partial charge in [0.2, 0.25) is 0 Å². The van der Waals surface area contributed by atoms with Crippen LogP contribution in [-0.4, -0.2) is 46.7 Å². The Morgan fingerprint density at radius 2 is 1.84 bits per heavy atom. The van der Waals surface area contributed by atoms with Gasteiger partial charge in [0.25, 0.3) is 0 Å². The SMILES string of the molecule is C1=CC2(CCN(CCC3CCCc4sccc43)CC2)c2ccccc21.O=C(O)C(=O)O. The molecule has 0 amide bonds. The van der Waals surface area contributed by atoms with Gasteiger partial charge in [0.15, 0.2) is 0 Å². The van der Waals surface area contributed by atoms with Gasteiger partial charge in [0.05, 0.1) is 0 Å². The second kappa shape index (κ2) is 9.37. The Morgan fingerprint density at radius 1 is 1.10 bits per heavy atom. The maximum Gasteiger partial charge on any atom is 0.414 e. The molecule has 5 nitrogen and oxygen atoms in total. The molecule has 0 radical (unpaired) electrons. The monoisotopic (exact) mass is 439 g/mol. The first-order valence-electron chi connectivity index (χ1n) is 11.0. The van der Waals surface area contributed by atoms with Crippen molar-refractivity contribution in [3.63, 3.8) is 0 Å². The molecule has 6 heteroatoms. The first-order valence-corrected chi connectivity index (χ1v) is 11.9. The zero-order valence-corrected chi connectivity index (χ0v) is 18.4. The van der Waals surface area contributed by atoms with E-state index in [9.17, 15) is 0 Å². The average Bonchev–Trinajstić information content (AvgIpc) is 3.40. The highest BCUT2D eigenvalue weighted by atomic mass is 32.1. The van der Waals surface area contributed by atoms with Gasteiger partial charge in [0, 0.05) is 10.3 Å². The van der Waals surface area contributed by atoms with Crippen molar-refractivity contribution < 1.29 is 19.8 Å². The van der Waals surface area contributed by atoms with E-state index in [0.29, 0.717) is 5.41 Å². The molecule has 0 saturated carbocycles. The average molecular weight is 440 g/mol. The van der Waals surface area contributed by atoms with Crippen LogP contribution in [0.15, 0.2) is 41.8 Å². The number of carbonyl (C=O) groups is 2. The Kier molecular flexibility index (Phi) is 6.58. The molecule has 2 heterocycles. The van der Waals surface area contributed by atoms with Gasteiger partial charge in [-0.3, -0.25) is 0 Å². The molecule has 1 fully saturated rings. The van der Waals surface area contributed by atoms with E-state index in [2.05, 4.69) is 52.8 Å². The van der Waals surface area contributed by atoms with Crippen LogP contribution in [0.2, 0.25) is 0 Å². The Morgan fingerprint density at radius 3 is 2.58 bits per heavy atom. The van der Waals surface area contributed by atoms with E-state index in [1.165, 1.54) is 63.7 Å². The lowest BCUT2D eigenvalue weighted by molar-refractivity contribution is -0.159. The molecule has 1 atom stereocenters. The van der Waals surface area contributed by atoms with Crippen LogP contribution in [0.4, 0.5) is 0 Å². The van der Waals surface area contributed by atoms with E-state index >= 15 is 0 Å². The Balaban J connectivity index is 0.000000342. The number of hydrogen-bond acceptors (Lipinski definition) is 4. The summed E-state index contributed by atoms with van der Waals surface area (Å²) in [6, 6.07) is 11.4. The van der Waals surface area contributed by atoms with E-state index in [4.69, 9.17) is 19.8 Å². The number of rotatable bonds is 3. The van der Waals surface area contributed by atoms with Crippen LogP contribution in [-0.2, 0) is 21.4 Å². The van der Waals surface area contributed by atoms with E-state index in [-0.39, 0.29) is 0 Å². The number of benzene rings is 1. The standard InChI is InChI=1S/C23H27NS.C2H2O4/c1-2-6-21-19(4-1)8-11-23(21)12-15-24(16-13-23)14-9-18-5-3-7-22-20(18)10-17-25-22;3-1(4)2(5)6/h1-2,4,6,8,10-11,17-18H,3,5,7,9,12-16H2;(H,3,4)(H,5,6). The van der Waals surface area contributed by atoms with Crippen LogP contribution in [0, 0.1) is 0 Å². The second-order valence-corrected chi connectivity index (χ2v) is 9.71. The molecular formula is C25H29NO4S. The molecule has 1 spiro atoms. The number of aliphatic carboxylic acids is 2. The lowest BCUT2D eigenvalue weighted by Gasteiger charge is -2.40. The van der Waals surface area contributed by atoms with Crippen molar-refractivity contribution in [1.29, 1.82) is 0 Å². The lowest BCUT2D eigenvalue weighted by atomic mass is 9.74. The highest BCUT2D eigenvalue weighted by molar-refractivity contribution is 7.10. The van der Waals surface area contributed by atoms with E-state index in [0.717, 1.165) is 5.92 Å². The molecule has 1 aromatic carbocycles. The van der Waals surface area contributed by atoms with Crippen LogP contribution >= 0.6 is 11.3 Å². The summed E-state index contributed by atoms with van der Waals surface area (Å²) < 4.78 is 0. The van der Waals surface area contributed by atoms with Crippen molar-refractivity contribution in [2.75, 3.05) is 19.6 Å². The van der Waals surface area contributed by atoms with Crippen molar-refractivity contribution in [1.82, 2.24) is 4.90 Å². The Labute approximate surface area is 187 Å². The number of hydrogen-bond donors (Lipinski definition) is 2. The van der Waals surface area contributed by atoms with Crippen molar-refractivity contribution in [3.05, 3.63) is 63.4 Å². The van der Waals surface area contributed by atoms with Crippen LogP contribution in [0.25, 0.3) is 6.08 Å². The molecule has 5 rings (SSSR count). The van der Waals surface area contributed by atoms with Gasteiger partial charge in [-0.05, 0) is 92.2 Å². The summed E-state index contributed by atoms with van der Waals surface area (Å²) in [7, 11) is 0. The van der Waals surface area contributed by atoms with E-state index in [1.807, 2.05) is 11.3 Å². The van der Waals surface area contributed by atoms with Gasteiger partial charge in [-0.15, -0.1) is 11.3 Å². The number of thiophene rings is 1. The zero-order chi connectivity index (χ0) is 21.8. The summed E-state index contributed by atoms with van der Waals surface area (Å²) in [5.41, 5.74) is 5.03. The molecule has 1 unspecified atom stereocenters. The number of aryl methyl sites for hydroxylation is 1. The Bertz CT molecular complexity index is 959. The number of piperidine rings is 1. The topological polar surface area (TPSA) is 77.8 Å². The fraction of sp³-hybridized carbons (Fsp3) is 0.440. The van der Waals surface area contributed by atoms with Gasteiger partial charge >= 0.3 is 11.9 Å². The minimum absolute atomic E-state index is 0.332.